The summed E-state index contributed by atoms with van der Waals surface area (Å²) in [4.78, 5) is 0. The second-order valence-electron chi connectivity index (χ2n) is 3.85. The summed E-state index contributed by atoms with van der Waals surface area (Å²) in [6.07, 6.45) is 0. The molecular weight excluding hydrogens is 253 g/mol. The van der Waals surface area contributed by atoms with Gasteiger partial charge in [-0.25, -0.2) is 4.39 Å². The zero-order chi connectivity index (χ0) is 13.1. The van der Waals surface area contributed by atoms with Crippen LogP contribution in [0.25, 0.3) is 11.1 Å². The lowest BCUT2D eigenvalue weighted by molar-refractivity contribution is 0.416. The van der Waals surface area contributed by atoms with Crippen molar-refractivity contribution in [2.24, 2.45) is 5.73 Å². The maximum Gasteiger partial charge on any atom is 0.126 e. The highest BCUT2D eigenvalue weighted by atomic mass is 35.5. The Bertz CT molecular complexity index is 572. The lowest BCUT2D eigenvalue weighted by atomic mass is 9.98. The van der Waals surface area contributed by atoms with Gasteiger partial charge in [-0.05, 0) is 41.5 Å². The van der Waals surface area contributed by atoms with Gasteiger partial charge in [0.25, 0.3) is 0 Å². The van der Waals surface area contributed by atoms with Gasteiger partial charge in [-0.15, -0.1) is 0 Å². The SMILES string of the molecule is COc1ccc(Cl)cc1-c1ccc(F)cc1CN. The second kappa shape index (κ2) is 5.38. The van der Waals surface area contributed by atoms with Crippen LogP contribution in [0, 0.1) is 5.82 Å². The van der Waals surface area contributed by atoms with Crippen LogP contribution in [0.4, 0.5) is 4.39 Å². The first-order chi connectivity index (χ1) is 8.65. The van der Waals surface area contributed by atoms with E-state index in [9.17, 15) is 4.39 Å². The zero-order valence-electron chi connectivity index (χ0n) is 9.91. The predicted molar refractivity (Wildman–Crippen MR) is 71.3 cm³/mol. The molecule has 0 fully saturated rings. The second-order valence-corrected chi connectivity index (χ2v) is 4.29. The van der Waals surface area contributed by atoms with Gasteiger partial charge in [0.05, 0.1) is 7.11 Å². The van der Waals surface area contributed by atoms with Crippen molar-refractivity contribution in [2.45, 2.75) is 6.54 Å². The van der Waals surface area contributed by atoms with E-state index in [4.69, 9.17) is 22.1 Å². The Hall–Kier alpha value is -1.58. The minimum atomic E-state index is -0.305. The largest absolute Gasteiger partial charge is 0.496 e. The Kier molecular flexibility index (Phi) is 3.84. The molecule has 2 nitrogen and oxygen atoms in total. The minimum absolute atomic E-state index is 0.253. The normalized spacial score (nSPS) is 10.4. The molecule has 0 atom stereocenters. The summed E-state index contributed by atoms with van der Waals surface area (Å²) in [5.74, 6) is 0.376. The zero-order valence-corrected chi connectivity index (χ0v) is 10.7. The predicted octanol–water partition coefficient (Wildman–Crippen LogP) is 3.61. The Morgan fingerprint density at radius 2 is 1.94 bits per heavy atom. The molecule has 0 amide bonds. The first kappa shape index (κ1) is 12.9. The van der Waals surface area contributed by atoms with Crippen LogP contribution in [-0.4, -0.2) is 7.11 Å². The summed E-state index contributed by atoms with van der Waals surface area (Å²) in [7, 11) is 1.58. The Balaban J connectivity index is 2.64. The molecule has 0 radical (unpaired) electrons. The Morgan fingerprint density at radius 1 is 1.17 bits per heavy atom. The maximum absolute atomic E-state index is 13.2. The topological polar surface area (TPSA) is 35.2 Å². The molecule has 0 aromatic heterocycles. The smallest absolute Gasteiger partial charge is 0.126 e. The van der Waals surface area contributed by atoms with Crippen LogP contribution < -0.4 is 10.5 Å². The molecule has 18 heavy (non-hydrogen) atoms. The van der Waals surface area contributed by atoms with Gasteiger partial charge in [0, 0.05) is 17.1 Å². The molecule has 0 unspecified atom stereocenters. The first-order valence-electron chi connectivity index (χ1n) is 5.48. The summed E-state index contributed by atoms with van der Waals surface area (Å²) < 4.78 is 18.5. The lowest BCUT2D eigenvalue weighted by Gasteiger charge is -2.12. The van der Waals surface area contributed by atoms with E-state index in [1.54, 1.807) is 31.4 Å². The monoisotopic (exact) mass is 265 g/mol. The first-order valence-corrected chi connectivity index (χ1v) is 5.86. The van der Waals surface area contributed by atoms with Crippen LogP contribution in [0.3, 0.4) is 0 Å². The van der Waals surface area contributed by atoms with Crippen molar-refractivity contribution in [2.75, 3.05) is 7.11 Å². The van der Waals surface area contributed by atoms with E-state index >= 15 is 0 Å². The molecule has 2 aromatic rings. The number of rotatable bonds is 3. The molecule has 0 saturated heterocycles. The number of hydrogen-bond donors (Lipinski definition) is 1. The van der Waals surface area contributed by atoms with Crippen molar-refractivity contribution in [1.82, 2.24) is 0 Å². The third-order valence-corrected chi connectivity index (χ3v) is 2.97. The van der Waals surface area contributed by atoms with Crippen LogP contribution >= 0.6 is 11.6 Å². The van der Waals surface area contributed by atoms with E-state index in [0.717, 1.165) is 16.7 Å². The molecule has 0 aliphatic rings. The highest BCUT2D eigenvalue weighted by molar-refractivity contribution is 6.31. The van der Waals surface area contributed by atoms with Gasteiger partial charge < -0.3 is 10.5 Å². The number of halogens is 2. The number of nitrogens with two attached hydrogens (primary N) is 1. The fourth-order valence-corrected chi connectivity index (χ4v) is 2.06. The van der Waals surface area contributed by atoms with E-state index in [1.807, 2.05) is 0 Å². The summed E-state index contributed by atoms with van der Waals surface area (Å²) >= 11 is 5.99. The number of benzene rings is 2. The maximum atomic E-state index is 13.2. The van der Waals surface area contributed by atoms with Crippen LogP contribution in [0.15, 0.2) is 36.4 Å². The Labute approximate surface area is 110 Å². The van der Waals surface area contributed by atoms with Crippen molar-refractivity contribution in [1.29, 1.82) is 0 Å². The van der Waals surface area contributed by atoms with Gasteiger partial charge in [0.1, 0.15) is 11.6 Å². The third kappa shape index (κ3) is 2.47. The molecule has 94 valence electrons. The summed E-state index contributed by atoms with van der Waals surface area (Å²) in [6.45, 7) is 0.253. The van der Waals surface area contributed by atoms with Gasteiger partial charge in [-0.3, -0.25) is 0 Å². The molecule has 0 spiro atoms. The molecular formula is C14H13ClFNO. The standard InChI is InChI=1S/C14H13ClFNO/c1-18-14-5-2-10(15)7-13(14)12-4-3-11(16)6-9(12)8-17/h2-7H,8,17H2,1H3. The van der Waals surface area contributed by atoms with Gasteiger partial charge in [-0.2, -0.15) is 0 Å². The number of methoxy groups -OCH3 is 1. The molecule has 0 aliphatic heterocycles. The van der Waals surface area contributed by atoms with Crippen molar-refractivity contribution in [3.05, 3.63) is 52.8 Å². The fourth-order valence-electron chi connectivity index (χ4n) is 1.88. The summed E-state index contributed by atoms with van der Waals surface area (Å²) in [5.41, 5.74) is 8.01. The van der Waals surface area contributed by atoms with Gasteiger partial charge in [0.15, 0.2) is 0 Å². The average molecular weight is 266 g/mol. The highest BCUT2D eigenvalue weighted by Crippen LogP contribution is 2.34. The molecule has 0 aliphatic carbocycles. The quantitative estimate of drug-likeness (QED) is 0.920. The van der Waals surface area contributed by atoms with Gasteiger partial charge in [-0.1, -0.05) is 17.7 Å². The van der Waals surface area contributed by atoms with E-state index < -0.39 is 0 Å². The summed E-state index contributed by atoms with van der Waals surface area (Å²) in [6, 6.07) is 9.82. The van der Waals surface area contributed by atoms with Crippen molar-refractivity contribution < 1.29 is 9.13 Å². The van der Waals surface area contributed by atoms with Crippen molar-refractivity contribution in [3.63, 3.8) is 0 Å². The van der Waals surface area contributed by atoms with Crippen molar-refractivity contribution >= 4 is 11.6 Å². The van der Waals surface area contributed by atoms with Crippen LogP contribution in [0.2, 0.25) is 5.02 Å². The van der Waals surface area contributed by atoms with E-state index in [0.29, 0.717) is 10.8 Å². The van der Waals surface area contributed by atoms with E-state index in [2.05, 4.69) is 0 Å². The number of ether oxygens (including phenoxy) is 1. The van der Waals surface area contributed by atoms with Crippen LogP contribution in [0.5, 0.6) is 5.75 Å². The average Bonchev–Trinajstić information content (AvgIpc) is 2.38. The third-order valence-electron chi connectivity index (χ3n) is 2.74. The van der Waals surface area contributed by atoms with E-state index in [1.165, 1.54) is 12.1 Å². The van der Waals surface area contributed by atoms with Crippen LogP contribution in [0.1, 0.15) is 5.56 Å². The highest BCUT2D eigenvalue weighted by Gasteiger charge is 2.11. The Morgan fingerprint density at radius 3 is 2.61 bits per heavy atom. The minimum Gasteiger partial charge on any atom is -0.496 e. The molecule has 0 bridgehead atoms. The summed E-state index contributed by atoms with van der Waals surface area (Å²) in [5, 5.41) is 0.595. The molecule has 0 heterocycles. The molecule has 2 rings (SSSR count). The van der Waals surface area contributed by atoms with Gasteiger partial charge in [0.2, 0.25) is 0 Å². The van der Waals surface area contributed by atoms with E-state index in [-0.39, 0.29) is 12.4 Å². The van der Waals surface area contributed by atoms with Crippen LogP contribution in [-0.2, 0) is 6.54 Å². The number of hydrogen-bond acceptors (Lipinski definition) is 2. The fraction of sp³-hybridized carbons (Fsp3) is 0.143. The molecule has 4 heteroatoms. The lowest BCUT2D eigenvalue weighted by Crippen LogP contribution is -2.00. The molecule has 2 N–H and O–H groups in total. The molecule has 2 aromatic carbocycles. The molecule has 0 saturated carbocycles. The van der Waals surface area contributed by atoms with Crippen molar-refractivity contribution in [3.8, 4) is 16.9 Å². The van der Waals surface area contributed by atoms with Gasteiger partial charge >= 0.3 is 0 Å².